The molecule has 4 heteroatoms. The van der Waals surface area contributed by atoms with E-state index in [-0.39, 0.29) is 11.6 Å². The second-order valence-corrected chi connectivity index (χ2v) is 14.9. The fourth-order valence-electron chi connectivity index (χ4n) is 2.97. The maximum atomic E-state index is 12.3. The fourth-order valence-corrected chi connectivity index (χ4v) is 5.66. The van der Waals surface area contributed by atoms with Crippen molar-refractivity contribution < 1.29 is 14.3 Å². The molecule has 3 nitrogen and oxygen atoms in total. The molecule has 2 aromatic rings. The second kappa shape index (κ2) is 8.12. The normalized spacial score (nSPS) is 13.1. The van der Waals surface area contributed by atoms with Gasteiger partial charge in [0.15, 0.2) is 0 Å². The number of hydrogen-bond acceptors (Lipinski definition) is 3. The Morgan fingerprint density at radius 1 is 0.821 bits per heavy atom. The van der Waals surface area contributed by atoms with Gasteiger partial charge in [0.25, 0.3) is 0 Å². The van der Waals surface area contributed by atoms with E-state index in [1.807, 2.05) is 32.9 Å². The van der Waals surface area contributed by atoms with Crippen LogP contribution in [0.15, 0.2) is 48.5 Å². The topological polar surface area (TPSA) is 35.5 Å². The third-order valence-corrected chi connectivity index (χ3v) is 9.60. The van der Waals surface area contributed by atoms with Crippen LogP contribution in [0.3, 0.4) is 0 Å². The van der Waals surface area contributed by atoms with Crippen molar-refractivity contribution in [2.24, 2.45) is 5.41 Å². The molecule has 0 radical (unpaired) electrons. The van der Waals surface area contributed by atoms with Gasteiger partial charge in [0.1, 0.15) is 0 Å². The van der Waals surface area contributed by atoms with Crippen LogP contribution in [0.1, 0.15) is 48.0 Å². The van der Waals surface area contributed by atoms with E-state index in [0.717, 1.165) is 12.2 Å². The molecule has 0 aliphatic carbocycles. The molecule has 0 saturated carbocycles. The number of carbonyl (C=O) groups is 1. The summed E-state index contributed by atoms with van der Waals surface area (Å²) in [5.74, 6) is 1.32. The van der Waals surface area contributed by atoms with Crippen molar-refractivity contribution in [1.29, 1.82) is 0 Å². The first kappa shape index (κ1) is 22.2. The molecule has 2 aromatic carbocycles. The van der Waals surface area contributed by atoms with Crippen LogP contribution >= 0.6 is 0 Å². The van der Waals surface area contributed by atoms with Crippen LogP contribution in [0.25, 0.3) is 0 Å². The number of carbonyl (C=O) groups excluding carboxylic acids is 1. The Bertz CT molecular complexity index is 797. The SMILES string of the molecule is CCC(C)(C)C(=O)Oc1ccc([SiH-](C)(C)c2ccc(OC(C)(C)C)cc2)cc1. The quantitative estimate of drug-likeness (QED) is 0.399. The van der Waals surface area contributed by atoms with E-state index in [1.165, 1.54) is 10.4 Å². The summed E-state index contributed by atoms with van der Waals surface area (Å²) in [6, 6.07) is 16.5. The van der Waals surface area contributed by atoms with E-state index in [0.29, 0.717) is 5.75 Å². The molecule has 0 N–H and O–H groups in total. The number of hydrogen-bond donors (Lipinski definition) is 0. The summed E-state index contributed by atoms with van der Waals surface area (Å²) in [6.07, 6.45) is 0.750. The zero-order chi connectivity index (χ0) is 21.2. The van der Waals surface area contributed by atoms with Crippen LogP contribution in [0.2, 0.25) is 13.1 Å². The molecule has 0 heterocycles. The van der Waals surface area contributed by atoms with Crippen molar-refractivity contribution in [3.05, 3.63) is 48.5 Å². The summed E-state index contributed by atoms with van der Waals surface area (Å²) in [5.41, 5.74) is -0.665. The second-order valence-electron chi connectivity index (χ2n) is 9.86. The van der Waals surface area contributed by atoms with Gasteiger partial charge in [0, 0.05) is 0 Å². The first-order valence-corrected chi connectivity index (χ1v) is 13.7. The summed E-state index contributed by atoms with van der Waals surface area (Å²) in [7, 11) is -2.17. The average molecular weight is 400 g/mol. The molecule has 0 saturated heterocycles. The monoisotopic (exact) mass is 399 g/mol. The predicted octanol–water partition coefficient (Wildman–Crippen LogP) is 4.76. The molecule has 0 fully saturated rings. The molecular formula is C24H35O3Si-. The third-order valence-electron chi connectivity index (χ3n) is 5.50. The maximum absolute atomic E-state index is 12.3. The Labute approximate surface area is 171 Å². The van der Waals surface area contributed by atoms with Crippen molar-refractivity contribution in [2.75, 3.05) is 0 Å². The molecule has 0 aromatic heterocycles. The van der Waals surface area contributed by atoms with E-state index in [9.17, 15) is 4.79 Å². The number of esters is 1. The van der Waals surface area contributed by atoms with Gasteiger partial charge in [-0.25, -0.2) is 0 Å². The predicted molar refractivity (Wildman–Crippen MR) is 121 cm³/mol. The van der Waals surface area contributed by atoms with Crippen LogP contribution < -0.4 is 19.8 Å². The molecule has 0 aliphatic heterocycles. The van der Waals surface area contributed by atoms with Crippen molar-refractivity contribution in [2.45, 2.75) is 66.7 Å². The molecule has 0 amide bonds. The molecule has 154 valence electrons. The molecule has 2 rings (SSSR count). The van der Waals surface area contributed by atoms with Gasteiger partial charge in [-0.15, -0.1) is 0 Å². The van der Waals surface area contributed by atoms with E-state index >= 15 is 0 Å². The molecule has 28 heavy (non-hydrogen) atoms. The molecule has 0 bridgehead atoms. The number of ether oxygens (including phenoxy) is 2. The summed E-state index contributed by atoms with van der Waals surface area (Å²) in [4.78, 5) is 12.3. The van der Waals surface area contributed by atoms with Crippen molar-refractivity contribution >= 4 is 24.4 Å². The first-order chi connectivity index (χ1) is 12.8. The summed E-state index contributed by atoms with van der Waals surface area (Å²) in [5, 5.41) is 2.69. The first-order valence-electron chi connectivity index (χ1n) is 10.2. The standard InChI is InChI=1S/C24H35O3Si/c1-9-24(5,6)22(25)26-18-10-14-20(15-11-18)28(7,8)21-16-12-19(13-17-21)27-23(2,3)4/h10-17,28H,9H2,1-8H3/q-1. The Hall–Kier alpha value is -2.07. The Morgan fingerprint density at radius 3 is 1.64 bits per heavy atom. The summed E-state index contributed by atoms with van der Waals surface area (Å²) >= 11 is 0. The van der Waals surface area contributed by atoms with E-state index in [1.54, 1.807) is 0 Å². The van der Waals surface area contributed by atoms with Crippen LogP contribution in [-0.2, 0) is 4.79 Å². The zero-order valence-corrected chi connectivity index (χ0v) is 19.8. The molecule has 0 spiro atoms. The van der Waals surface area contributed by atoms with E-state index < -0.39 is 13.5 Å². The Kier molecular flexibility index (Phi) is 6.44. The van der Waals surface area contributed by atoms with Crippen molar-refractivity contribution in [3.8, 4) is 11.5 Å². The Balaban J connectivity index is 2.16. The van der Waals surface area contributed by atoms with Gasteiger partial charge in [-0.3, -0.25) is 0 Å². The fraction of sp³-hybridized carbons (Fsp3) is 0.458. The zero-order valence-electron chi connectivity index (χ0n) is 18.6. The molecule has 0 unspecified atom stereocenters. The van der Waals surface area contributed by atoms with Crippen LogP contribution in [0.5, 0.6) is 11.5 Å². The van der Waals surface area contributed by atoms with Gasteiger partial charge >= 0.3 is 171 Å². The molecular weight excluding hydrogens is 364 g/mol. The van der Waals surface area contributed by atoms with E-state index in [2.05, 4.69) is 70.3 Å². The van der Waals surface area contributed by atoms with Crippen LogP contribution in [0, 0.1) is 5.41 Å². The average Bonchev–Trinajstić information content (AvgIpc) is 2.61. The molecule has 0 atom stereocenters. The minimum absolute atomic E-state index is 0.184. The van der Waals surface area contributed by atoms with Gasteiger partial charge in [-0.2, -0.15) is 0 Å². The third kappa shape index (κ3) is 5.48. The summed E-state index contributed by atoms with van der Waals surface area (Å²) < 4.78 is 11.5. The number of benzene rings is 2. The van der Waals surface area contributed by atoms with Gasteiger partial charge in [0.2, 0.25) is 0 Å². The minimum atomic E-state index is -2.17. The van der Waals surface area contributed by atoms with Crippen molar-refractivity contribution in [1.82, 2.24) is 0 Å². The van der Waals surface area contributed by atoms with Gasteiger partial charge < -0.3 is 0 Å². The van der Waals surface area contributed by atoms with Gasteiger partial charge in [-0.05, 0) is 0 Å². The van der Waals surface area contributed by atoms with Crippen LogP contribution in [-0.4, -0.2) is 19.6 Å². The summed E-state index contributed by atoms with van der Waals surface area (Å²) in [6.45, 7) is 16.7. The van der Waals surface area contributed by atoms with Crippen molar-refractivity contribution in [3.63, 3.8) is 0 Å². The van der Waals surface area contributed by atoms with Gasteiger partial charge in [0.05, 0.1) is 0 Å². The Morgan fingerprint density at radius 2 is 1.25 bits per heavy atom. The van der Waals surface area contributed by atoms with Gasteiger partial charge in [-0.1, -0.05) is 0 Å². The van der Waals surface area contributed by atoms with E-state index in [4.69, 9.17) is 9.47 Å². The van der Waals surface area contributed by atoms with Crippen LogP contribution in [0.4, 0.5) is 0 Å². The number of rotatable bonds is 6. The molecule has 0 aliphatic rings.